The number of anilines is 2. The Morgan fingerprint density at radius 1 is 0.919 bits per heavy atom. The van der Waals surface area contributed by atoms with Crippen molar-refractivity contribution in [2.75, 3.05) is 24.4 Å². The van der Waals surface area contributed by atoms with E-state index in [4.69, 9.17) is 12.2 Å². The van der Waals surface area contributed by atoms with Gasteiger partial charge in [-0.25, -0.2) is 16.8 Å². The van der Waals surface area contributed by atoms with Gasteiger partial charge in [0.15, 0.2) is 5.11 Å². The van der Waals surface area contributed by atoms with Gasteiger partial charge in [0.05, 0.1) is 9.79 Å². The Morgan fingerprint density at radius 3 is 1.73 bits per heavy atom. The molecular formula is C21H23N3Na2O8S3. The van der Waals surface area contributed by atoms with E-state index in [-0.39, 0.29) is 99.4 Å². The van der Waals surface area contributed by atoms with Crippen molar-refractivity contribution in [1.29, 1.82) is 0 Å². The van der Waals surface area contributed by atoms with Crippen LogP contribution in [0.25, 0.3) is 12.2 Å². The number of hydrogen-bond donors (Lipinski definition) is 3. The smallest absolute Gasteiger partial charge is 0.744 e. The topological polar surface area (TPSA) is 177 Å². The van der Waals surface area contributed by atoms with E-state index >= 15 is 0 Å². The average molecular weight is 588 g/mol. The number of amides is 1. The summed E-state index contributed by atoms with van der Waals surface area (Å²) in [6, 6.07) is 7.48. The van der Waals surface area contributed by atoms with E-state index in [9.17, 15) is 30.7 Å². The van der Waals surface area contributed by atoms with Gasteiger partial charge in [-0.15, -0.1) is 0 Å². The van der Waals surface area contributed by atoms with Crippen LogP contribution in [0.4, 0.5) is 11.4 Å². The van der Waals surface area contributed by atoms with E-state index in [0.717, 1.165) is 12.1 Å². The number of thiocarbonyl (C=S) groups is 1. The monoisotopic (exact) mass is 587 g/mol. The molecule has 0 fully saturated rings. The number of benzene rings is 2. The van der Waals surface area contributed by atoms with E-state index in [1.165, 1.54) is 43.5 Å². The van der Waals surface area contributed by atoms with Crippen LogP contribution in [0.5, 0.6) is 0 Å². The second kappa shape index (κ2) is 15.6. The molecule has 0 bridgehead atoms. The number of nitrogens with one attached hydrogen (secondary N) is 3. The summed E-state index contributed by atoms with van der Waals surface area (Å²) < 4.78 is 75.6. The van der Waals surface area contributed by atoms with Crippen LogP contribution in [0.3, 0.4) is 0 Å². The summed E-state index contributed by atoms with van der Waals surface area (Å²) >= 11 is 5.11. The number of methoxy groups -OCH3 is 1. The zero-order chi connectivity index (χ0) is 26.4. The fourth-order valence-corrected chi connectivity index (χ4v) is 4.62. The SMILES string of the molecule is COCC(=O)Nc1ccc(/C=C/c2ccc(NC(=S)NC(C)C)cc2S(=O)(=O)[O-])c(S(=O)(=O)[O-])c1.[Na+].[Na+]. The third-order valence-electron chi connectivity index (χ3n) is 4.25. The molecule has 37 heavy (non-hydrogen) atoms. The van der Waals surface area contributed by atoms with Gasteiger partial charge >= 0.3 is 59.1 Å². The molecule has 0 saturated carbocycles. The summed E-state index contributed by atoms with van der Waals surface area (Å²) in [6.07, 6.45) is 2.36. The third-order valence-corrected chi connectivity index (χ3v) is 6.25. The van der Waals surface area contributed by atoms with Gasteiger partial charge in [0.2, 0.25) is 5.91 Å². The fraction of sp³-hybridized carbons (Fsp3) is 0.238. The summed E-state index contributed by atoms with van der Waals surface area (Å²) in [6.45, 7) is 3.42. The van der Waals surface area contributed by atoms with Crippen molar-refractivity contribution >= 4 is 67.0 Å². The van der Waals surface area contributed by atoms with E-state index in [2.05, 4.69) is 20.7 Å². The fourth-order valence-electron chi connectivity index (χ4n) is 2.87. The van der Waals surface area contributed by atoms with Gasteiger partial charge in [-0.05, 0) is 61.5 Å². The number of ether oxygens (including phenoxy) is 1. The van der Waals surface area contributed by atoms with Crippen molar-refractivity contribution in [1.82, 2.24) is 5.32 Å². The van der Waals surface area contributed by atoms with Crippen LogP contribution < -0.4 is 75.1 Å². The first kappa shape index (κ1) is 36.1. The molecular weight excluding hydrogens is 564 g/mol. The largest absolute Gasteiger partial charge is 1.00 e. The predicted octanol–water partition coefficient (Wildman–Crippen LogP) is -4.05. The summed E-state index contributed by atoms with van der Waals surface area (Å²) in [7, 11) is -8.60. The zero-order valence-corrected chi connectivity index (χ0v) is 27.3. The van der Waals surface area contributed by atoms with Crippen molar-refractivity contribution in [2.24, 2.45) is 0 Å². The molecule has 0 atom stereocenters. The van der Waals surface area contributed by atoms with Crippen molar-refractivity contribution in [3.05, 3.63) is 47.5 Å². The van der Waals surface area contributed by atoms with E-state index < -0.39 is 35.9 Å². The molecule has 0 aliphatic rings. The Balaban J connectivity index is 0.00000648. The first-order chi connectivity index (χ1) is 16.2. The van der Waals surface area contributed by atoms with Crippen molar-refractivity contribution < 1.29 is 94.6 Å². The van der Waals surface area contributed by atoms with Crippen LogP contribution in [0.2, 0.25) is 0 Å². The van der Waals surface area contributed by atoms with Crippen LogP contribution in [-0.2, 0) is 29.8 Å². The molecule has 0 spiro atoms. The van der Waals surface area contributed by atoms with Crippen LogP contribution in [-0.4, -0.2) is 56.7 Å². The molecule has 2 rings (SSSR count). The molecule has 0 heterocycles. The molecule has 190 valence electrons. The Kier molecular flexibility index (Phi) is 15.3. The number of carbonyl (C=O) groups is 1. The Labute approximate surface area is 265 Å². The minimum Gasteiger partial charge on any atom is -0.744 e. The van der Waals surface area contributed by atoms with E-state index in [0.29, 0.717) is 0 Å². The molecule has 0 aliphatic heterocycles. The summed E-state index contributed by atoms with van der Waals surface area (Å²) in [5.41, 5.74) is 0.167. The number of rotatable bonds is 9. The van der Waals surface area contributed by atoms with Gasteiger partial charge < -0.3 is 29.8 Å². The molecule has 2 aromatic rings. The van der Waals surface area contributed by atoms with Crippen LogP contribution >= 0.6 is 12.2 Å². The molecule has 3 N–H and O–H groups in total. The normalized spacial score (nSPS) is 11.4. The number of carbonyl (C=O) groups excluding carboxylic acids is 1. The maximum absolute atomic E-state index is 11.8. The van der Waals surface area contributed by atoms with Gasteiger partial charge in [-0.1, -0.05) is 24.3 Å². The summed E-state index contributed by atoms with van der Waals surface area (Å²) in [5.74, 6) is -0.563. The van der Waals surface area contributed by atoms with Gasteiger partial charge in [-0.3, -0.25) is 4.79 Å². The van der Waals surface area contributed by atoms with Crippen LogP contribution in [0, 0.1) is 0 Å². The predicted molar refractivity (Wildman–Crippen MR) is 133 cm³/mol. The first-order valence-electron chi connectivity index (χ1n) is 9.95. The van der Waals surface area contributed by atoms with Crippen molar-refractivity contribution in [3.63, 3.8) is 0 Å². The minimum absolute atomic E-state index is 0. The maximum atomic E-state index is 11.8. The Bertz CT molecular complexity index is 1370. The van der Waals surface area contributed by atoms with E-state index in [1.54, 1.807) is 0 Å². The third kappa shape index (κ3) is 11.8. The molecule has 2 aromatic carbocycles. The van der Waals surface area contributed by atoms with Gasteiger partial charge in [0.1, 0.15) is 26.8 Å². The van der Waals surface area contributed by atoms with Gasteiger partial charge in [0.25, 0.3) is 0 Å². The average Bonchev–Trinajstić information content (AvgIpc) is 2.71. The molecule has 0 unspecified atom stereocenters. The van der Waals surface area contributed by atoms with Crippen molar-refractivity contribution in [3.8, 4) is 0 Å². The first-order valence-corrected chi connectivity index (χ1v) is 13.2. The maximum Gasteiger partial charge on any atom is 1.00 e. The molecule has 0 saturated heterocycles. The molecule has 1 amide bonds. The quantitative estimate of drug-likeness (QED) is 0.113. The van der Waals surface area contributed by atoms with Gasteiger partial charge in [-0.2, -0.15) is 0 Å². The Morgan fingerprint density at radius 2 is 1.35 bits per heavy atom. The van der Waals surface area contributed by atoms with Crippen LogP contribution in [0.1, 0.15) is 25.0 Å². The second-order valence-corrected chi connectivity index (χ2v) is 10.6. The molecule has 0 aliphatic carbocycles. The van der Waals surface area contributed by atoms with E-state index in [1.807, 2.05) is 13.8 Å². The second-order valence-electron chi connectivity index (χ2n) is 7.48. The van der Waals surface area contributed by atoms with Crippen molar-refractivity contribution in [2.45, 2.75) is 29.7 Å². The Hall–Kier alpha value is -0.880. The summed E-state index contributed by atoms with van der Waals surface area (Å²) in [5, 5.41) is 8.30. The molecule has 0 aromatic heterocycles. The minimum atomic E-state index is -4.97. The summed E-state index contributed by atoms with van der Waals surface area (Å²) in [4.78, 5) is 10.4. The zero-order valence-electron chi connectivity index (χ0n) is 20.9. The van der Waals surface area contributed by atoms with Gasteiger partial charge in [0, 0.05) is 24.5 Å². The molecule has 11 nitrogen and oxygen atoms in total. The standard InChI is InChI=1S/C21H25N3O8S3.2Na/c1-13(2)22-21(33)24-17-9-7-15(19(11-17)35(29,30)31)5-4-14-6-8-16(23-20(25)12-32-3)10-18(14)34(26,27)28;;/h4-11,13H,12H2,1-3H3,(H,23,25)(H2,22,24,33)(H,26,27,28)(H,29,30,31);;/q;2*+1/p-2/b5-4+;;. The number of hydrogen-bond acceptors (Lipinski definition) is 9. The molecule has 16 heteroatoms. The van der Waals surface area contributed by atoms with Crippen LogP contribution in [0.15, 0.2) is 46.2 Å². The molecule has 0 radical (unpaired) electrons.